The SMILES string of the molecule is CC/C=C/C=C/C=C\C=C/CCCCC(O)C(=O)NC(COC1OC(CO)C(O)C(O)C1OC(=O)CCCCCCCCCCCCCCCCCCC/C=C\C/C=C\CCCCC)C(O)/C=C/CCCCCCCCCCCCC. The second kappa shape index (κ2) is 57.3. The van der Waals surface area contributed by atoms with Gasteiger partial charge in [-0.1, -0.05) is 286 Å². The first kappa shape index (κ1) is 75.9. The summed E-state index contributed by atoms with van der Waals surface area (Å²) in [7, 11) is 0. The normalized spacial score (nSPS) is 19.2. The average molecular weight is 1140 g/mol. The highest BCUT2D eigenvalue weighted by atomic mass is 16.7. The summed E-state index contributed by atoms with van der Waals surface area (Å²) in [4.78, 5) is 26.6. The maximum atomic E-state index is 13.4. The third-order valence-electron chi connectivity index (χ3n) is 15.4. The number of amides is 1. The fourth-order valence-electron chi connectivity index (χ4n) is 10.1. The van der Waals surface area contributed by atoms with Crippen molar-refractivity contribution in [2.75, 3.05) is 13.2 Å². The Morgan fingerprint density at radius 1 is 0.506 bits per heavy atom. The van der Waals surface area contributed by atoms with E-state index in [4.69, 9.17) is 14.2 Å². The molecule has 0 radical (unpaired) electrons. The van der Waals surface area contributed by atoms with Crippen molar-refractivity contribution < 1.29 is 49.3 Å². The minimum absolute atomic E-state index is 0.117. The van der Waals surface area contributed by atoms with Gasteiger partial charge >= 0.3 is 5.97 Å². The molecule has 1 aliphatic rings. The molecule has 6 N–H and O–H groups in total. The van der Waals surface area contributed by atoms with E-state index >= 15 is 0 Å². The molecule has 1 fully saturated rings. The Balaban J connectivity index is 2.55. The molecule has 0 spiro atoms. The number of hydrogen-bond acceptors (Lipinski definition) is 10. The third-order valence-corrected chi connectivity index (χ3v) is 15.4. The van der Waals surface area contributed by atoms with Gasteiger partial charge in [0.15, 0.2) is 12.4 Å². The molecule has 1 rings (SSSR count). The Morgan fingerprint density at radius 2 is 0.938 bits per heavy atom. The fourth-order valence-corrected chi connectivity index (χ4v) is 10.1. The van der Waals surface area contributed by atoms with Crippen molar-refractivity contribution in [1.29, 1.82) is 0 Å². The molecule has 0 saturated carbocycles. The van der Waals surface area contributed by atoms with Gasteiger partial charge in [-0.3, -0.25) is 9.59 Å². The first-order valence-electron chi connectivity index (χ1n) is 33.4. The molecule has 1 aliphatic heterocycles. The van der Waals surface area contributed by atoms with E-state index in [0.29, 0.717) is 12.8 Å². The number of esters is 1. The van der Waals surface area contributed by atoms with Crippen LogP contribution in [0.15, 0.2) is 85.1 Å². The van der Waals surface area contributed by atoms with Gasteiger partial charge < -0.3 is 45.1 Å². The number of carbonyl (C=O) groups excluding carboxylic acids is 2. The second-order valence-corrected chi connectivity index (χ2v) is 22.9. The van der Waals surface area contributed by atoms with E-state index in [0.717, 1.165) is 64.2 Å². The molecule has 0 aromatic carbocycles. The molecule has 11 nitrogen and oxygen atoms in total. The van der Waals surface area contributed by atoms with Gasteiger partial charge in [0.05, 0.1) is 25.4 Å². The lowest BCUT2D eigenvalue weighted by Crippen LogP contribution is -2.61. The molecule has 81 heavy (non-hydrogen) atoms. The lowest BCUT2D eigenvalue weighted by Gasteiger charge is -2.41. The van der Waals surface area contributed by atoms with Crippen LogP contribution in [0.3, 0.4) is 0 Å². The number of nitrogens with one attached hydrogen (secondary N) is 1. The highest BCUT2D eigenvalue weighted by Crippen LogP contribution is 2.26. The summed E-state index contributed by atoms with van der Waals surface area (Å²) in [6.45, 7) is 5.61. The molecule has 0 bridgehead atoms. The van der Waals surface area contributed by atoms with Gasteiger partial charge in [0.25, 0.3) is 0 Å². The van der Waals surface area contributed by atoms with Crippen molar-refractivity contribution in [1.82, 2.24) is 5.32 Å². The predicted octanol–water partition coefficient (Wildman–Crippen LogP) is 16.5. The van der Waals surface area contributed by atoms with Gasteiger partial charge in [-0.2, -0.15) is 0 Å². The summed E-state index contributed by atoms with van der Waals surface area (Å²) in [5.41, 5.74) is 0. The zero-order valence-corrected chi connectivity index (χ0v) is 51.9. The number of aliphatic hydroxyl groups excluding tert-OH is 5. The van der Waals surface area contributed by atoms with E-state index in [9.17, 15) is 35.1 Å². The zero-order chi connectivity index (χ0) is 58.9. The van der Waals surface area contributed by atoms with Crippen molar-refractivity contribution in [3.63, 3.8) is 0 Å². The van der Waals surface area contributed by atoms with Crippen LogP contribution in [0.5, 0.6) is 0 Å². The Labute approximate surface area is 495 Å². The van der Waals surface area contributed by atoms with E-state index < -0.39 is 67.4 Å². The molecular formula is C70H123NO10. The standard InChI is InChI=1S/C70H123NO10/c1-4-7-10-13-16-19-22-25-26-27-28-29-30-31-32-33-34-35-36-37-38-40-43-46-49-52-55-58-65(75)81-68-67(77)66(76)64(59-72)80-70(68)79-60-61(62(73)56-53-50-47-44-42-39-23-20-17-14-11-8-5-2)71-69(78)63(74)57-54-51-48-45-41-24-21-18-15-12-9-6-3/h9,12,15-16,18-19,21,24-26,41,45,53,56,61-64,66-68,70,72-74,76-77H,4-8,10-11,13-14,17,20,22-23,27-40,42-44,46-52,54-55,57-60H2,1-3H3,(H,71,78)/b12-9+,18-15+,19-16-,24-21-,26-25-,45-41-,56-53+. The van der Waals surface area contributed by atoms with Crippen molar-refractivity contribution >= 4 is 11.9 Å². The summed E-state index contributed by atoms with van der Waals surface area (Å²) < 4.78 is 17.6. The Hall–Kier alpha value is -3.16. The van der Waals surface area contributed by atoms with Crippen LogP contribution in [0.25, 0.3) is 0 Å². The second-order valence-electron chi connectivity index (χ2n) is 22.9. The van der Waals surface area contributed by atoms with Crippen LogP contribution in [0.2, 0.25) is 0 Å². The quantitative estimate of drug-likeness (QED) is 0.0149. The van der Waals surface area contributed by atoms with Crippen LogP contribution in [0.1, 0.15) is 284 Å². The van der Waals surface area contributed by atoms with Gasteiger partial charge in [0.1, 0.15) is 24.4 Å². The lowest BCUT2D eigenvalue weighted by molar-refractivity contribution is -0.305. The number of hydrogen-bond donors (Lipinski definition) is 6. The summed E-state index contributed by atoms with van der Waals surface area (Å²) in [6.07, 6.45) is 65.0. The van der Waals surface area contributed by atoms with Crippen LogP contribution >= 0.6 is 0 Å². The number of aliphatic hydroxyl groups is 5. The van der Waals surface area contributed by atoms with Gasteiger partial charge in [-0.05, 0) is 77.0 Å². The molecule has 468 valence electrons. The smallest absolute Gasteiger partial charge is 0.306 e. The molecule has 11 heteroatoms. The molecule has 0 aromatic heterocycles. The first-order valence-corrected chi connectivity index (χ1v) is 33.4. The Bertz CT molecular complexity index is 1640. The summed E-state index contributed by atoms with van der Waals surface area (Å²) in [6, 6.07) is -1.05. The molecule has 8 atom stereocenters. The first-order chi connectivity index (χ1) is 39.7. The summed E-state index contributed by atoms with van der Waals surface area (Å²) in [5, 5.41) is 57.0. The third kappa shape index (κ3) is 45.0. The highest BCUT2D eigenvalue weighted by molar-refractivity contribution is 5.80. The van der Waals surface area contributed by atoms with Gasteiger partial charge in [-0.15, -0.1) is 0 Å². The Kier molecular flexibility index (Phi) is 53.6. The average Bonchev–Trinajstić information content (AvgIpc) is 3.50. The summed E-state index contributed by atoms with van der Waals surface area (Å²) >= 11 is 0. The fraction of sp³-hybridized carbons (Fsp3) is 0.771. The minimum Gasteiger partial charge on any atom is -0.454 e. The predicted molar refractivity (Wildman–Crippen MR) is 338 cm³/mol. The van der Waals surface area contributed by atoms with Crippen LogP contribution in [-0.4, -0.2) is 99.6 Å². The van der Waals surface area contributed by atoms with E-state index in [1.165, 1.54) is 173 Å². The van der Waals surface area contributed by atoms with Crippen LogP contribution in [-0.2, 0) is 23.8 Å². The van der Waals surface area contributed by atoms with Crippen LogP contribution < -0.4 is 5.32 Å². The van der Waals surface area contributed by atoms with E-state index in [2.05, 4.69) is 56.5 Å². The Morgan fingerprint density at radius 3 is 1.46 bits per heavy atom. The maximum Gasteiger partial charge on any atom is 0.306 e. The number of allylic oxidation sites excluding steroid dienone is 13. The molecule has 1 heterocycles. The molecule has 0 aromatic rings. The molecule has 0 aliphatic carbocycles. The molecule has 1 amide bonds. The van der Waals surface area contributed by atoms with E-state index in [1.54, 1.807) is 6.08 Å². The van der Waals surface area contributed by atoms with Crippen molar-refractivity contribution in [3.05, 3.63) is 85.1 Å². The van der Waals surface area contributed by atoms with Crippen molar-refractivity contribution in [2.24, 2.45) is 0 Å². The number of unbranched alkanes of at least 4 members (excludes halogenated alkanes) is 33. The lowest BCUT2D eigenvalue weighted by atomic mass is 9.99. The molecule has 1 saturated heterocycles. The molecule has 8 unspecified atom stereocenters. The monoisotopic (exact) mass is 1140 g/mol. The maximum absolute atomic E-state index is 13.4. The highest BCUT2D eigenvalue weighted by Gasteiger charge is 2.47. The van der Waals surface area contributed by atoms with Gasteiger partial charge in [0, 0.05) is 6.42 Å². The minimum atomic E-state index is -1.62. The number of rotatable bonds is 56. The van der Waals surface area contributed by atoms with Crippen molar-refractivity contribution in [3.8, 4) is 0 Å². The van der Waals surface area contributed by atoms with E-state index in [1.807, 2.05) is 48.6 Å². The van der Waals surface area contributed by atoms with E-state index in [-0.39, 0.29) is 19.4 Å². The van der Waals surface area contributed by atoms with Gasteiger partial charge in [0.2, 0.25) is 5.91 Å². The largest absolute Gasteiger partial charge is 0.454 e. The molecular weight excluding hydrogens is 1010 g/mol. The number of ether oxygens (including phenoxy) is 3. The van der Waals surface area contributed by atoms with Crippen LogP contribution in [0.4, 0.5) is 0 Å². The van der Waals surface area contributed by atoms with Crippen molar-refractivity contribution in [2.45, 2.75) is 333 Å². The number of carbonyl (C=O) groups is 2. The van der Waals surface area contributed by atoms with Crippen LogP contribution in [0, 0.1) is 0 Å². The van der Waals surface area contributed by atoms with Gasteiger partial charge in [-0.25, -0.2) is 0 Å². The zero-order valence-electron chi connectivity index (χ0n) is 51.9. The topological polar surface area (TPSA) is 175 Å². The summed E-state index contributed by atoms with van der Waals surface area (Å²) in [5.74, 6) is -1.23.